The van der Waals surface area contributed by atoms with Gasteiger partial charge in [-0.05, 0) is 44.4 Å². The molecule has 0 bridgehead atoms. The third kappa shape index (κ3) is 4.31. The molecule has 0 aliphatic heterocycles. The van der Waals surface area contributed by atoms with Gasteiger partial charge in [0, 0.05) is 11.6 Å². The van der Waals surface area contributed by atoms with E-state index in [-0.39, 0.29) is 17.4 Å². The molecule has 1 aliphatic rings. The van der Waals surface area contributed by atoms with Crippen molar-refractivity contribution >= 4 is 11.7 Å². The number of esters is 1. The molecule has 26 heavy (non-hydrogen) atoms. The van der Waals surface area contributed by atoms with Gasteiger partial charge in [-0.1, -0.05) is 27.2 Å². The van der Waals surface area contributed by atoms with Gasteiger partial charge in [0.2, 0.25) is 0 Å². The SMILES string of the molecule is Cc1cc([N+](=O)[O-])cn(C(C)C(=O)OC2CC(C)CCC2C(C)C)c1=O. The van der Waals surface area contributed by atoms with Crippen molar-refractivity contribution in [3.05, 3.63) is 38.3 Å². The Morgan fingerprint density at radius 1 is 1.35 bits per heavy atom. The van der Waals surface area contributed by atoms with Crippen molar-refractivity contribution < 1.29 is 14.5 Å². The van der Waals surface area contributed by atoms with Crippen LogP contribution in [0, 0.1) is 34.8 Å². The van der Waals surface area contributed by atoms with Crippen LogP contribution in [0.3, 0.4) is 0 Å². The molecule has 0 amide bonds. The number of hydrogen-bond donors (Lipinski definition) is 0. The Hall–Kier alpha value is -2.18. The fourth-order valence-corrected chi connectivity index (χ4v) is 3.72. The van der Waals surface area contributed by atoms with Crippen LogP contribution in [0.2, 0.25) is 0 Å². The van der Waals surface area contributed by atoms with Gasteiger partial charge >= 0.3 is 5.97 Å². The van der Waals surface area contributed by atoms with Gasteiger partial charge in [0.05, 0.1) is 11.1 Å². The van der Waals surface area contributed by atoms with Crippen molar-refractivity contribution in [3.8, 4) is 0 Å². The quantitative estimate of drug-likeness (QED) is 0.452. The first-order valence-electron chi connectivity index (χ1n) is 9.19. The lowest BCUT2D eigenvalue weighted by Crippen LogP contribution is -2.38. The van der Waals surface area contributed by atoms with Gasteiger partial charge in [0.1, 0.15) is 12.1 Å². The average molecular weight is 364 g/mol. The largest absolute Gasteiger partial charge is 0.461 e. The molecule has 1 aliphatic carbocycles. The predicted octanol–water partition coefficient (Wildman–Crippen LogP) is 3.63. The zero-order chi connectivity index (χ0) is 19.6. The maximum Gasteiger partial charge on any atom is 0.329 e. The standard InChI is InChI=1S/C19H28N2O5/c1-11(2)16-7-6-12(3)8-17(16)26-19(23)14(5)20-10-15(21(24)25)9-13(4)18(20)22/h9-12,14,16-17H,6-8H2,1-5H3. The van der Waals surface area contributed by atoms with Gasteiger partial charge in [-0.2, -0.15) is 0 Å². The van der Waals surface area contributed by atoms with Crippen molar-refractivity contribution in [1.29, 1.82) is 0 Å². The summed E-state index contributed by atoms with van der Waals surface area (Å²) in [5, 5.41) is 11.1. The molecule has 1 saturated carbocycles. The smallest absolute Gasteiger partial charge is 0.329 e. The highest BCUT2D eigenvalue weighted by molar-refractivity contribution is 5.74. The molecule has 1 heterocycles. The lowest BCUT2D eigenvalue weighted by Gasteiger charge is -2.37. The normalized spacial score (nSPS) is 24.3. The molecule has 7 heteroatoms. The fourth-order valence-electron chi connectivity index (χ4n) is 3.72. The Morgan fingerprint density at radius 2 is 2.00 bits per heavy atom. The van der Waals surface area contributed by atoms with E-state index in [0.29, 0.717) is 17.8 Å². The molecular weight excluding hydrogens is 336 g/mol. The highest BCUT2D eigenvalue weighted by Gasteiger charge is 2.34. The van der Waals surface area contributed by atoms with Crippen molar-refractivity contribution in [3.63, 3.8) is 0 Å². The third-order valence-electron chi connectivity index (χ3n) is 5.41. The van der Waals surface area contributed by atoms with E-state index >= 15 is 0 Å². The maximum absolute atomic E-state index is 12.7. The van der Waals surface area contributed by atoms with E-state index in [1.165, 1.54) is 13.0 Å². The number of rotatable bonds is 5. The number of ether oxygens (including phenoxy) is 1. The molecule has 1 fully saturated rings. The molecule has 0 spiro atoms. The van der Waals surface area contributed by atoms with Gasteiger partial charge in [-0.25, -0.2) is 4.79 Å². The number of hydrogen-bond acceptors (Lipinski definition) is 5. The van der Waals surface area contributed by atoms with E-state index < -0.39 is 22.5 Å². The summed E-state index contributed by atoms with van der Waals surface area (Å²) in [5.74, 6) is 0.668. The molecule has 0 N–H and O–H groups in total. The number of carbonyl (C=O) groups is 1. The van der Waals surface area contributed by atoms with Crippen LogP contribution < -0.4 is 5.56 Å². The third-order valence-corrected chi connectivity index (χ3v) is 5.41. The van der Waals surface area contributed by atoms with Gasteiger partial charge in [-0.15, -0.1) is 0 Å². The van der Waals surface area contributed by atoms with E-state index in [1.54, 1.807) is 6.92 Å². The summed E-state index contributed by atoms with van der Waals surface area (Å²) in [6.07, 6.45) is 3.88. The minimum absolute atomic E-state index is 0.177. The van der Waals surface area contributed by atoms with E-state index in [4.69, 9.17) is 4.74 Å². The van der Waals surface area contributed by atoms with Crippen LogP contribution in [0.25, 0.3) is 0 Å². The first kappa shape index (κ1) is 20.1. The van der Waals surface area contributed by atoms with E-state index in [0.717, 1.165) is 30.0 Å². The van der Waals surface area contributed by atoms with Crippen molar-refractivity contribution in [2.24, 2.45) is 17.8 Å². The van der Waals surface area contributed by atoms with Crippen LogP contribution in [0.15, 0.2) is 17.1 Å². The van der Waals surface area contributed by atoms with Gasteiger partial charge < -0.3 is 4.74 Å². The summed E-state index contributed by atoms with van der Waals surface area (Å²) in [5.41, 5.74) is -0.407. The summed E-state index contributed by atoms with van der Waals surface area (Å²) >= 11 is 0. The van der Waals surface area contributed by atoms with Crippen LogP contribution in [0.4, 0.5) is 5.69 Å². The zero-order valence-electron chi connectivity index (χ0n) is 16.1. The Morgan fingerprint density at radius 3 is 2.58 bits per heavy atom. The van der Waals surface area contributed by atoms with Crippen LogP contribution in [-0.4, -0.2) is 21.6 Å². The minimum Gasteiger partial charge on any atom is -0.461 e. The van der Waals surface area contributed by atoms with Crippen molar-refractivity contribution in [2.75, 3.05) is 0 Å². The molecule has 144 valence electrons. The van der Waals surface area contributed by atoms with Crippen LogP contribution >= 0.6 is 0 Å². The average Bonchev–Trinajstić information content (AvgIpc) is 2.56. The highest BCUT2D eigenvalue weighted by Crippen LogP contribution is 2.35. The Kier molecular flexibility index (Phi) is 6.21. The second-order valence-corrected chi connectivity index (χ2v) is 7.83. The van der Waals surface area contributed by atoms with E-state index in [2.05, 4.69) is 20.8 Å². The van der Waals surface area contributed by atoms with E-state index in [1.807, 2.05) is 0 Å². The van der Waals surface area contributed by atoms with Crippen LogP contribution in [0.1, 0.15) is 58.6 Å². The first-order valence-corrected chi connectivity index (χ1v) is 9.19. The van der Waals surface area contributed by atoms with Crippen molar-refractivity contribution in [1.82, 2.24) is 4.57 Å². The number of nitrogens with zero attached hydrogens (tertiary/aromatic N) is 2. The molecule has 2 rings (SSSR count). The molecule has 4 atom stereocenters. The molecule has 1 aromatic heterocycles. The predicted molar refractivity (Wildman–Crippen MR) is 98.0 cm³/mol. The summed E-state index contributed by atoms with van der Waals surface area (Å²) < 4.78 is 6.88. The van der Waals surface area contributed by atoms with Crippen LogP contribution in [-0.2, 0) is 9.53 Å². The summed E-state index contributed by atoms with van der Waals surface area (Å²) in [6.45, 7) is 9.44. The highest BCUT2D eigenvalue weighted by atomic mass is 16.6. The Bertz CT molecular complexity index is 740. The topological polar surface area (TPSA) is 91.4 Å². The lowest BCUT2D eigenvalue weighted by molar-refractivity contribution is -0.385. The molecule has 0 saturated heterocycles. The second-order valence-electron chi connectivity index (χ2n) is 7.83. The lowest BCUT2D eigenvalue weighted by atomic mass is 9.75. The van der Waals surface area contributed by atoms with Gasteiger partial charge in [0.15, 0.2) is 0 Å². The molecule has 7 nitrogen and oxygen atoms in total. The summed E-state index contributed by atoms with van der Waals surface area (Å²) in [4.78, 5) is 35.5. The van der Waals surface area contributed by atoms with Crippen LogP contribution in [0.5, 0.6) is 0 Å². The fraction of sp³-hybridized carbons (Fsp3) is 0.684. The van der Waals surface area contributed by atoms with Gasteiger partial charge in [0.25, 0.3) is 11.2 Å². The number of nitro groups is 1. The summed E-state index contributed by atoms with van der Waals surface area (Å²) in [6, 6.07) is 0.306. The number of pyridine rings is 1. The Labute approximate surface area is 153 Å². The second kappa shape index (κ2) is 8.01. The zero-order valence-corrected chi connectivity index (χ0v) is 16.1. The van der Waals surface area contributed by atoms with E-state index in [9.17, 15) is 19.7 Å². The van der Waals surface area contributed by atoms with Gasteiger partial charge in [-0.3, -0.25) is 19.5 Å². The molecule has 0 radical (unpaired) electrons. The molecule has 0 aromatic carbocycles. The number of aromatic nitrogens is 1. The first-order chi connectivity index (χ1) is 12.1. The number of aryl methyl sites for hydroxylation is 1. The Balaban J connectivity index is 2.24. The molecular formula is C19H28N2O5. The molecule has 4 unspecified atom stereocenters. The maximum atomic E-state index is 12.7. The minimum atomic E-state index is -0.911. The number of carbonyl (C=O) groups excluding carboxylic acids is 1. The molecule has 1 aromatic rings. The van der Waals surface area contributed by atoms with Crippen molar-refractivity contribution in [2.45, 2.75) is 66.0 Å². The summed E-state index contributed by atoms with van der Waals surface area (Å²) in [7, 11) is 0. The monoisotopic (exact) mass is 364 g/mol.